The van der Waals surface area contributed by atoms with Crippen molar-refractivity contribution >= 4 is 11.9 Å². The van der Waals surface area contributed by atoms with Crippen molar-refractivity contribution in [3.8, 4) is 0 Å². The van der Waals surface area contributed by atoms with Crippen molar-refractivity contribution in [2.24, 2.45) is 17.8 Å². The van der Waals surface area contributed by atoms with E-state index in [2.05, 4.69) is 12.2 Å². The Hall–Kier alpha value is -1.31. The van der Waals surface area contributed by atoms with Crippen molar-refractivity contribution in [2.45, 2.75) is 44.8 Å². The number of halogens is 3. The van der Waals surface area contributed by atoms with E-state index < -0.39 is 30.5 Å². The lowest BCUT2D eigenvalue weighted by Gasteiger charge is -2.30. The van der Waals surface area contributed by atoms with Gasteiger partial charge >= 0.3 is 12.1 Å². The standard InChI is InChI=1S/C15H23F3N2O3/c1-9-4-2-3-5-12(9)19-13(21)8-20-6-10(14(22)23)11(7-20)15(16,17)18/h9-12H,2-8H2,1H3,(H,19,21)(H,22,23)/t9?,10-,11-,12?/m1/s1. The van der Waals surface area contributed by atoms with Crippen LogP contribution >= 0.6 is 0 Å². The SMILES string of the molecule is CC1CCCCC1NC(=O)CN1C[C@@H](C(F)(F)F)[C@H](C(=O)O)C1. The van der Waals surface area contributed by atoms with E-state index in [1.807, 2.05) is 0 Å². The number of amides is 1. The molecular formula is C15H23F3N2O3. The first-order valence-corrected chi connectivity index (χ1v) is 7.99. The summed E-state index contributed by atoms with van der Waals surface area (Å²) in [7, 11) is 0. The lowest BCUT2D eigenvalue weighted by molar-refractivity contribution is -0.188. The lowest BCUT2D eigenvalue weighted by atomic mass is 9.86. The van der Waals surface area contributed by atoms with E-state index in [9.17, 15) is 22.8 Å². The van der Waals surface area contributed by atoms with Crippen LogP contribution in [0.3, 0.4) is 0 Å². The highest BCUT2D eigenvalue weighted by molar-refractivity contribution is 5.78. The molecular weight excluding hydrogens is 313 g/mol. The highest BCUT2D eigenvalue weighted by atomic mass is 19.4. The molecule has 0 radical (unpaired) electrons. The number of carboxylic acid groups (broad SMARTS) is 1. The summed E-state index contributed by atoms with van der Waals surface area (Å²) >= 11 is 0. The predicted molar refractivity (Wildman–Crippen MR) is 76.7 cm³/mol. The molecule has 2 rings (SSSR count). The second kappa shape index (κ2) is 7.07. The van der Waals surface area contributed by atoms with E-state index in [1.165, 1.54) is 4.90 Å². The predicted octanol–water partition coefficient (Wildman–Crippen LogP) is 1.88. The minimum atomic E-state index is -4.56. The third-order valence-corrected chi connectivity index (χ3v) is 4.96. The molecule has 0 spiro atoms. The van der Waals surface area contributed by atoms with E-state index in [0.29, 0.717) is 5.92 Å². The molecule has 2 N–H and O–H groups in total. The zero-order valence-electron chi connectivity index (χ0n) is 13.1. The quantitative estimate of drug-likeness (QED) is 0.822. The van der Waals surface area contributed by atoms with Crippen LogP contribution in [-0.2, 0) is 9.59 Å². The van der Waals surface area contributed by atoms with Gasteiger partial charge in [0.15, 0.2) is 0 Å². The van der Waals surface area contributed by atoms with Crippen molar-refractivity contribution in [3.05, 3.63) is 0 Å². The number of carboxylic acids is 1. The summed E-state index contributed by atoms with van der Waals surface area (Å²) in [6, 6.07) is 0.0625. The first-order valence-electron chi connectivity index (χ1n) is 7.99. The Morgan fingerprint density at radius 3 is 2.39 bits per heavy atom. The molecule has 8 heteroatoms. The molecule has 1 aliphatic heterocycles. The Labute approximate surface area is 133 Å². The number of hydrogen-bond acceptors (Lipinski definition) is 3. The van der Waals surface area contributed by atoms with Crippen molar-refractivity contribution < 1.29 is 27.9 Å². The molecule has 5 nitrogen and oxygen atoms in total. The number of carbonyl (C=O) groups excluding carboxylic acids is 1. The molecule has 0 aromatic heterocycles. The van der Waals surface area contributed by atoms with Crippen LogP contribution in [0.15, 0.2) is 0 Å². The molecule has 23 heavy (non-hydrogen) atoms. The maximum atomic E-state index is 12.9. The third-order valence-electron chi connectivity index (χ3n) is 4.96. The Kier molecular flexibility index (Phi) is 5.54. The molecule has 1 saturated heterocycles. The molecule has 1 saturated carbocycles. The fraction of sp³-hybridized carbons (Fsp3) is 0.867. The summed E-state index contributed by atoms with van der Waals surface area (Å²) in [5, 5.41) is 11.9. The lowest BCUT2D eigenvalue weighted by Crippen LogP contribution is -2.45. The largest absolute Gasteiger partial charge is 0.481 e. The van der Waals surface area contributed by atoms with Crippen LogP contribution in [0, 0.1) is 17.8 Å². The van der Waals surface area contributed by atoms with Gasteiger partial charge in [-0.05, 0) is 18.8 Å². The van der Waals surface area contributed by atoms with Crippen molar-refractivity contribution in [3.63, 3.8) is 0 Å². The molecule has 0 aromatic carbocycles. The van der Waals surface area contributed by atoms with Gasteiger partial charge in [-0.2, -0.15) is 13.2 Å². The second-order valence-corrected chi connectivity index (χ2v) is 6.72. The first kappa shape index (κ1) is 18.0. The Balaban J connectivity index is 1.90. The van der Waals surface area contributed by atoms with Gasteiger partial charge in [0.1, 0.15) is 0 Å². The molecule has 1 amide bonds. The topological polar surface area (TPSA) is 69.6 Å². The van der Waals surface area contributed by atoms with Gasteiger partial charge in [-0.1, -0.05) is 19.8 Å². The summed E-state index contributed by atoms with van der Waals surface area (Å²) in [5.74, 6) is -4.84. The van der Waals surface area contributed by atoms with Crippen LogP contribution < -0.4 is 5.32 Å². The molecule has 1 heterocycles. The number of alkyl halides is 3. The van der Waals surface area contributed by atoms with Crippen LogP contribution in [0.2, 0.25) is 0 Å². The molecule has 4 atom stereocenters. The first-order chi connectivity index (χ1) is 10.7. The van der Waals surface area contributed by atoms with Gasteiger partial charge in [-0.25, -0.2) is 0 Å². The highest BCUT2D eigenvalue weighted by Gasteiger charge is 2.52. The van der Waals surface area contributed by atoms with Crippen LogP contribution in [0.5, 0.6) is 0 Å². The second-order valence-electron chi connectivity index (χ2n) is 6.72. The van der Waals surface area contributed by atoms with Gasteiger partial charge in [0.05, 0.1) is 18.4 Å². The number of nitrogens with zero attached hydrogens (tertiary/aromatic N) is 1. The highest BCUT2D eigenvalue weighted by Crippen LogP contribution is 2.37. The van der Waals surface area contributed by atoms with Gasteiger partial charge < -0.3 is 10.4 Å². The Bertz CT molecular complexity index is 456. The van der Waals surface area contributed by atoms with Gasteiger partial charge in [0, 0.05) is 19.1 Å². The number of aliphatic carboxylic acids is 1. The van der Waals surface area contributed by atoms with Gasteiger partial charge in [-0.15, -0.1) is 0 Å². The van der Waals surface area contributed by atoms with E-state index in [-0.39, 0.29) is 25.0 Å². The third kappa shape index (κ3) is 4.59. The van der Waals surface area contributed by atoms with E-state index >= 15 is 0 Å². The van der Waals surface area contributed by atoms with E-state index in [1.54, 1.807) is 0 Å². The average molecular weight is 336 g/mol. The van der Waals surface area contributed by atoms with Crippen LogP contribution in [0.1, 0.15) is 32.6 Å². The van der Waals surface area contributed by atoms with E-state index in [4.69, 9.17) is 5.11 Å². The average Bonchev–Trinajstić information content (AvgIpc) is 2.85. The molecule has 0 aromatic rings. The van der Waals surface area contributed by atoms with Crippen LogP contribution in [0.25, 0.3) is 0 Å². The number of likely N-dealkylation sites (tertiary alicyclic amines) is 1. The molecule has 1 aliphatic carbocycles. The van der Waals surface area contributed by atoms with Gasteiger partial charge in [0.25, 0.3) is 0 Å². The molecule has 2 unspecified atom stereocenters. The van der Waals surface area contributed by atoms with Crippen molar-refractivity contribution in [1.29, 1.82) is 0 Å². The van der Waals surface area contributed by atoms with Gasteiger partial charge in [-0.3, -0.25) is 14.5 Å². The molecule has 0 bridgehead atoms. The minimum absolute atomic E-state index is 0.0625. The fourth-order valence-corrected chi connectivity index (χ4v) is 3.58. The number of hydrogen-bond donors (Lipinski definition) is 2. The maximum Gasteiger partial charge on any atom is 0.393 e. The molecule has 2 aliphatic rings. The zero-order chi connectivity index (χ0) is 17.2. The monoisotopic (exact) mass is 336 g/mol. The van der Waals surface area contributed by atoms with Crippen molar-refractivity contribution in [2.75, 3.05) is 19.6 Å². The normalized spacial score (nSPS) is 32.7. The fourth-order valence-electron chi connectivity index (χ4n) is 3.58. The summed E-state index contributed by atoms with van der Waals surface area (Å²) < 4.78 is 38.7. The van der Waals surface area contributed by atoms with Crippen LogP contribution in [0.4, 0.5) is 13.2 Å². The minimum Gasteiger partial charge on any atom is -0.481 e. The number of carbonyl (C=O) groups is 2. The van der Waals surface area contributed by atoms with Crippen LogP contribution in [-0.4, -0.2) is 53.7 Å². The molecule has 2 fully saturated rings. The number of nitrogens with one attached hydrogen (secondary N) is 1. The summed E-state index contributed by atoms with van der Waals surface area (Å²) in [5.41, 5.74) is 0. The molecule has 132 valence electrons. The van der Waals surface area contributed by atoms with E-state index in [0.717, 1.165) is 25.7 Å². The maximum absolute atomic E-state index is 12.9. The van der Waals surface area contributed by atoms with Crippen molar-refractivity contribution in [1.82, 2.24) is 10.2 Å². The summed E-state index contributed by atoms with van der Waals surface area (Å²) in [6.07, 6.45) is -0.475. The number of rotatable bonds is 4. The summed E-state index contributed by atoms with van der Waals surface area (Å²) in [6.45, 7) is 1.20. The Morgan fingerprint density at radius 2 is 1.87 bits per heavy atom. The Morgan fingerprint density at radius 1 is 1.22 bits per heavy atom. The smallest absolute Gasteiger partial charge is 0.393 e. The van der Waals surface area contributed by atoms with Gasteiger partial charge in [0.2, 0.25) is 5.91 Å². The zero-order valence-corrected chi connectivity index (χ0v) is 13.1. The summed E-state index contributed by atoms with van der Waals surface area (Å²) in [4.78, 5) is 24.4.